The third-order valence-electron chi connectivity index (χ3n) is 3.73. The Hall–Kier alpha value is -2.11. The summed E-state index contributed by atoms with van der Waals surface area (Å²) >= 11 is 0. The number of carbonyl (C=O) groups excluding carboxylic acids is 1. The van der Waals surface area contributed by atoms with Gasteiger partial charge in [-0.1, -0.05) is 12.2 Å². The zero-order valence-corrected chi connectivity index (χ0v) is 12.6. The van der Waals surface area contributed by atoms with Crippen LogP contribution in [0.2, 0.25) is 0 Å². The lowest BCUT2D eigenvalue weighted by atomic mass is 10.1. The summed E-state index contributed by atoms with van der Waals surface area (Å²) in [5.74, 6) is 0.477. The molecule has 1 aliphatic rings. The first-order valence-electron chi connectivity index (χ1n) is 7.26. The van der Waals surface area contributed by atoms with Crippen LogP contribution in [0.25, 0.3) is 0 Å². The fourth-order valence-corrected chi connectivity index (χ4v) is 2.42. The number of allylic oxidation sites excluding steroid dienone is 1. The smallest absolute Gasteiger partial charge is 0.268 e. The lowest BCUT2D eigenvalue weighted by molar-refractivity contribution is -0.120. The predicted molar refractivity (Wildman–Crippen MR) is 82.2 cm³/mol. The van der Waals surface area contributed by atoms with Crippen molar-refractivity contribution in [1.82, 2.24) is 15.1 Å². The monoisotopic (exact) mass is 290 g/mol. The van der Waals surface area contributed by atoms with E-state index in [0.717, 1.165) is 25.2 Å². The van der Waals surface area contributed by atoms with Crippen LogP contribution in [0, 0.1) is 5.92 Å². The standard InChI is InChI=1S/C15H22N4O2/c1-3-4-5-14(20)16-9-12-6-7-19(11-12)13-8-15(21)18(2)17-10-13/h3-4,8,10,12H,5-7,9,11H2,1-2H3,(H,16,20)/b4-3+/t12-/m0/s1. The number of amides is 1. The molecule has 0 radical (unpaired) electrons. The van der Waals surface area contributed by atoms with Crippen LogP contribution in [0.5, 0.6) is 0 Å². The lowest BCUT2D eigenvalue weighted by Gasteiger charge is -2.18. The number of aromatic nitrogens is 2. The van der Waals surface area contributed by atoms with Gasteiger partial charge >= 0.3 is 0 Å². The van der Waals surface area contributed by atoms with Crippen LogP contribution in [0.3, 0.4) is 0 Å². The number of aryl methyl sites for hydroxylation is 1. The molecule has 1 fully saturated rings. The van der Waals surface area contributed by atoms with Crippen molar-refractivity contribution in [1.29, 1.82) is 0 Å². The lowest BCUT2D eigenvalue weighted by Crippen LogP contribution is -2.31. The van der Waals surface area contributed by atoms with Gasteiger partial charge in [0, 0.05) is 39.2 Å². The largest absolute Gasteiger partial charge is 0.370 e. The molecule has 0 saturated carbocycles. The molecule has 0 bridgehead atoms. The van der Waals surface area contributed by atoms with E-state index in [2.05, 4.69) is 15.3 Å². The van der Waals surface area contributed by atoms with Gasteiger partial charge in [0.2, 0.25) is 5.91 Å². The quantitative estimate of drug-likeness (QED) is 0.810. The molecule has 6 heteroatoms. The number of anilines is 1. The van der Waals surface area contributed by atoms with Crippen molar-refractivity contribution in [3.05, 3.63) is 34.8 Å². The molecular weight excluding hydrogens is 268 g/mol. The van der Waals surface area contributed by atoms with Crippen molar-refractivity contribution in [2.45, 2.75) is 19.8 Å². The molecule has 1 atom stereocenters. The second-order valence-corrected chi connectivity index (χ2v) is 5.35. The van der Waals surface area contributed by atoms with E-state index in [4.69, 9.17) is 0 Å². The molecule has 2 rings (SSSR count). The zero-order valence-electron chi connectivity index (χ0n) is 12.6. The molecule has 1 aliphatic heterocycles. The number of hydrogen-bond acceptors (Lipinski definition) is 4. The van der Waals surface area contributed by atoms with Gasteiger partial charge in [-0.25, -0.2) is 4.68 Å². The van der Waals surface area contributed by atoms with Crippen molar-refractivity contribution < 1.29 is 4.79 Å². The molecule has 0 spiro atoms. The summed E-state index contributed by atoms with van der Waals surface area (Å²) in [5.41, 5.74) is 0.761. The average Bonchev–Trinajstić information content (AvgIpc) is 2.94. The van der Waals surface area contributed by atoms with E-state index in [9.17, 15) is 9.59 Å². The summed E-state index contributed by atoms with van der Waals surface area (Å²) in [5, 5.41) is 6.99. The molecule has 0 aromatic carbocycles. The predicted octanol–water partition coefficient (Wildman–Crippen LogP) is 0.689. The summed E-state index contributed by atoms with van der Waals surface area (Å²) in [6.45, 7) is 4.33. The van der Waals surface area contributed by atoms with Crippen molar-refractivity contribution >= 4 is 11.6 Å². The Labute approximate surface area is 124 Å². The van der Waals surface area contributed by atoms with Gasteiger partial charge in [-0.15, -0.1) is 0 Å². The minimum atomic E-state index is -0.101. The maximum Gasteiger partial charge on any atom is 0.268 e. The van der Waals surface area contributed by atoms with E-state index in [-0.39, 0.29) is 11.5 Å². The molecule has 1 amide bonds. The summed E-state index contributed by atoms with van der Waals surface area (Å²) in [7, 11) is 1.64. The van der Waals surface area contributed by atoms with Gasteiger partial charge in [-0.2, -0.15) is 5.10 Å². The van der Waals surface area contributed by atoms with Crippen molar-refractivity contribution in [3.63, 3.8) is 0 Å². The molecule has 114 valence electrons. The Kier molecular flexibility index (Phi) is 5.14. The maximum absolute atomic E-state index is 11.6. The minimum absolute atomic E-state index is 0.0572. The minimum Gasteiger partial charge on any atom is -0.370 e. The third kappa shape index (κ3) is 4.18. The molecule has 21 heavy (non-hydrogen) atoms. The number of carbonyl (C=O) groups is 1. The van der Waals surface area contributed by atoms with Gasteiger partial charge < -0.3 is 10.2 Å². The summed E-state index contributed by atoms with van der Waals surface area (Å²) < 4.78 is 1.32. The first kappa shape index (κ1) is 15.3. The van der Waals surface area contributed by atoms with Crippen LogP contribution in [0.15, 0.2) is 29.2 Å². The SMILES string of the molecule is C/C=C/CC(=O)NC[C@@H]1CCN(c2cnn(C)c(=O)c2)C1. The molecule has 2 heterocycles. The van der Waals surface area contributed by atoms with E-state index in [1.807, 2.05) is 19.1 Å². The maximum atomic E-state index is 11.6. The fraction of sp³-hybridized carbons (Fsp3) is 0.533. The summed E-state index contributed by atoms with van der Waals surface area (Å²) in [4.78, 5) is 25.3. The van der Waals surface area contributed by atoms with Gasteiger partial charge in [0.05, 0.1) is 11.9 Å². The van der Waals surface area contributed by atoms with E-state index >= 15 is 0 Å². The van der Waals surface area contributed by atoms with Gasteiger partial charge in [-0.05, 0) is 19.3 Å². The Bertz CT molecular complexity index is 579. The molecule has 0 aliphatic carbocycles. The number of nitrogens with zero attached hydrogens (tertiary/aromatic N) is 3. The number of rotatable bonds is 5. The summed E-state index contributed by atoms with van der Waals surface area (Å²) in [6.07, 6.45) is 6.89. The molecule has 0 unspecified atom stereocenters. The summed E-state index contributed by atoms with van der Waals surface area (Å²) in [6, 6.07) is 1.61. The normalized spacial score (nSPS) is 18.4. The molecule has 6 nitrogen and oxygen atoms in total. The molecule has 1 aromatic heterocycles. The van der Waals surface area contributed by atoms with E-state index in [1.54, 1.807) is 19.3 Å². The van der Waals surface area contributed by atoms with Crippen LogP contribution >= 0.6 is 0 Å². The fourth-order valence-electron chi connectivity index (χ4n) is 2.42. The number of hydrogen-bond donors (Lipinski definition) is 1. The highest BCUT2D eigenvalue weighted by atomic mass is 16.1. The zero-order chi connectivity index (χ0) is 15.2. The highest BCUT2D eigenvalue weighted by Gasteiger charge is 2.23. The van der Waals surface area contributed by atoms with Crippen molar-refractivity contribution in [2.24, 2.45) is 13.0 Å². The second-order valence-electron chi connectivity index (χ2n) is 5.35. The Morgan fingerprint density at radius 1 is 1.57 bits per heavy atom. The Morgan fingerprint density at radius 3 is 3.10 bits per heavy atom. The topological polar surface area (TPSA) is 67.2 Å². The van der Waals surface area contributed by atoms with Gasteiger partial charge in [0.1, 0.15) is 0 Å². The first-order chi connectivity index (χ1) is 10.1. The van der Waals surface area contributed by atoms with Crippen LogP contribution < -0.4 is 15.8 Å². The van der Waals surface area contributed by atoms with Crippen LogP contribution in [0.4, 0.5) is 5.69 Å². The molecule has 1 aromatic rings. The van der Waals surface area contributed by atoms with Crippen LogP contribution in [-0.4, -0.2) is 35.3 Å². The second kappa shape index (κ2) is 7.06. The number of nitrogens with one attached hydrogen (secondary N) is 1. The highest BCUT2D eigenvalue weighted by molar-refractivity contribution is 5.77. The van der Waals surface area contributed by atoms with E-state index in [0.29, 0.717) is 18.9 Å². The Morgan fingerprint density at radius 2 is 2.38 bits per heavy atom. The molecular formula is C15H22N4O2. The first-order valence-corrected chi connectivity index (χ1v) is 7.26. The third-order valence-corrected chi connectivity index (χ3v) is 3.73. The molecule has 1 N–H and O–H groups in total. The van der Waals surface area contributed by atoms with E-state index < -0.39 is 0 Å². The van der Waals surface area contributed by atoms with Crippen molar-refractivity contribution in [3.8, 4) is 0 Å². The van der Waals surface area contributed by atoms with Gasteiger partial charge in [0.25, 0.3) is 5.56 Å². The molecule has 1 saturated heterocycles. The van der Waals surface area contributed by atoms with Crippen molar-refractivity contribution in [2.75, 3.05) is 24.5 Å². The van der Waals surface area contributed by atoms with Crippen LogP contribution in [-0.2, 0) is 11.8 Å². The average molecular weight is 290 g/mol. The van der Waals surface area contributed by atoms with Gasteiger partial charge in [-0.3, -0.25) is 9.59 Å². The Balaban J connectivity index is 1.84. The van der Waals surface area contributed by atoms with Crippen LogP contribution in [0.1, 0.15) is 19.8 Å². The highest BCUT2D eigenvalue weighted by Crippen LogP contribution is 2.21. The van der Waals surface area contributed by atoms with E-state index in [1.165, 1.54) is 4.68 Å². The van der Waals surface area contributed by atoms with Gasteiger partial charge in [0.15, 0.2) is 0 Å².